The number of nitrogens with two attached hydrogens (primary N) is 1. The van der Waals surface area contributed by atoms with Crippen LogP contribution in [0.15, 0.2) is 30.5 Å². The van der Waals surface area contributed by atoms with Gasteiger partial charge in [0.15, 0.2) is 5.75 Å². The molecule has 0 bridgehead atoms. The fraction of sp³-hybridized carbons (Fsp3) is 0.375. The first-order valence-corrected chi connectivity index (χ1v) is 6.71. The number of hydrogen-bond acceptors (Lipinski definition) is 4. The molecule has 0 amide bonds. The van der Waals surface area contributed by atoms with Gasteiger partial charge in [-0.25, -0.2) is 4.98 Å². The predicted molar refractivity (Wildman–Crippen MR) is 79.9 cm³/mol. The number of aryl methyl sites for hydroxylation is 1. The maximum Gasteiger partial charge on any atom is 0.219 e. The normalized spacial score (nSPS) is 11.4. The van der Waals surface area contributed by atoms with Crippen LogP contribution in [0.3, 0.4) is 0 Å². The van der Waals surface area contributed by atoms with Crippen LogP contribution in [0.1, 0.15) is 37.7 Å². The van der Waals surface area contributed by atoms with Crippen molar-refractivity contribution in [2.45, 2.75) is 39.7 Å². The Balaban J connectivity index is 2.39. The van der Waals surface area contributed by atoms with Gasteiger partial charge >= 0.3 is 0 Å². The van der Waals surface area contributed by atoms with Crippen LogP contribution >= 0.6 is 0 Å². The fourth-order valence-corrected chi connectivity index (χ4v) is 1.80. The highest BCUT2D eigenvalue weighted by molar-refractivity contribution is 5.34. The first-order chi connectivity index (χ1) is 9.40. The summed E-state index contributed by atoms with van der Waals surface area (Å²) in [5.41, 5.74) is 8.53. The van der Waals surface area contributed by atoms with Crippen LogP contribution in [-0.2, 0) is 12.0 Å². The number of pyridine rings is 2. The third-order valence-electron chi connectivity index (χ3n) is 3.04. The SMILES string of the molecule is Cc1ncccc1Oc1cc(CN)cc(C(C)(C)C)n1. The molecule has 0 aliphatic carbocycles. The zero-order chi connectivity index (χ0) is 14.8. The van der Waals surface area contributed by atoms with Crippen LogP contribution in [0, 0.1) is 6.92 Å². The number of ether oxygens (including phenoxy) is 1. The zero-order valence-electron chi connectivity index (χ0n) is 12.5. The molecule has 2 N–H and O–H groups in total. The molecule has 106 valence electrons. The van der Waals surface area contributed by atoms with E-state index in [1.165, 1.54) is 0 Å². The van der Waals surface area contributed by atoms with Crippen LogP contribution in [0.4, 0.5) is 0 Å². The Bertz CT molecular complexity index is 603. The monoisotopic (exact) mass is 271 g/mol. The van der Waals surface area contributed by atoms with E-state index in [1.54, 1.807) is 6.20 Å². The highest BCUT2D eigenvalue weighted by Gasteiger charge is 2.17. The second-order valence-electron chi connectivity index (χ2n) is 5.84. The molecule has 2 aromatic heterocycles. The highest BCUT2D eigenvalue weighted by Crippen LogP contribution is 2.27. The lowest BCUT2D eigenvalue weighted by Crippen LogP contribution is -2.15. The molecular formula is C16H21N3O. The van der Waals surface area contributed by atoms with Crippen molar-refractivity contribution in [3.8, 4) is 11.6 Å². The minimum atomic E-state index is -0.0483. The van der Waals surface area contributed by atoms with Crippen LogP contribution in [0.5, 0.6) is 11.6 Å². The first-order valence-electron chi connectivity index (χ1n) is 6.71. The lowest BCUT2D eigenvalue weighted by molar-refractivity contribution is 0.445. The van der Waals surface area contributed by atoms with Gasteiger partial charge in [0.05, 0.1) is 11.4 Å². The summed E-state index contributed by atoms with van der Waals surface area (Å²) in [6.45, 7) is 8.74. The topological polar surface area (TPSA) is 61.0 Å². The Labute approximate surface area is 120 Å². The van der Waals surface area contributed by atoms with E-state index < -0.39 is 0 Å². The second-order valence-corrected chi connectivity index (χ2v) is 5.84. The van der Waals surface area contributed by atoms with Gasteiger partial charge in [-0.05, 0) is 30.7 Å². The maximum atomic E-state index is 5.86. The Hall–Kier alpha value is -1.94. The van der Waals surface area contributed by atoms with Crippen LogP contribution in [-0.4, -0.2) is 9.97 Å². The first kappa shape index (κ1) is 14.5. The smallest absolute Gasteiger partial charge is 0.219 e. The van der Waals surface area contributed by atoms with E-state index in [0.717, 1.165) is 17.0 Å². The van der Waals surface area contributed by atoms with E-state index in [1.807, 2.05) is 31.2 Å². The summed E-state index contributed by atoms with van der Waals surface area (Å²) in [4.78, 5) is 8.80. The molecule has 4 nitrogen and oxygen atoms in total. The molecule has 20 heavy (non-hydrogen) atoms. The lowest BCUT2D eigenvalue weighted by Gasteiger charge is -2.19. The summed E-state index contributed by atoms with van der Waals surface area (Å²) in [5, 5.41) is 0. The van der Waals surface area contributed by atoms with Crippen molar-refractivity contribution in [3.63, 3.8) is 0 Å². The van der Waals surface area contributed by atoms with Gasteiger partial charge in [0.2, 0.25) is 5.88 Å². The van der Waals surface area contributed by atoms with Gasteiger partial charge in [0, 0.05) is 24.2 Å². The summed E-state index contributed by atoms with van der Waals surface area (Å²) in [7, 11) is 0. The van der Waals surface area contributed by atoms with E-state index in [0.29, 0.717) is 18.2 Å². The Morgan fingerprint density at radius 3 is 2.60 bits per heavy atom. The van der Waals surface area contributed by atoms with Crippen LogP contribution in [0.2, 0.25) is 0 Å². The van der Waals surface area contributed by atoms with Gasteiger partial charge in [-0.1, -0.05) is 20.8 Å². The number of nitrogens with zero attached hydrogens (tertiary/aromatic N) is 2. The zero-order valence-corrected chi connectivity index (χ0v) is 12.5. The average Bonchev–Trinajstić information content (AvgIpc) is 2.40. The predicted octanol–water partition coefficient (Wildman–Crippen LogP) is 3.33. The molecule has 0 atom stereocenters. The second kappa shape index (κ2) is 5.59. The van der Waals surface area contributed by atoms with E-state index in [4.69, 9.17) is 10.5 Å². The third-order valence-corrected chi connectivity index (χ3v) is 3.04. The van der Waals surface area contributed by atoms with Crippen LogP contribution < -0.4 is 10.5 Å². The summed E-state index contributed by atoms with van der Waals surface area (Å²) in [5.74, 6) is 1.28. The molecule has 0 aliphatic rings. The molecular weight excluding hydrogens is 250 g/mol. The lowest BCUT2D eigenvalue weighted by atomic mass is 9.91. The molecule has 0 fully saturated rings. The standard InChI is InChI=1S/C16H21N3O/c1-11-13(6-5-7-18-11)20-15-9-12(10-17)8-14(19-15)16(2,3)4/h5-9H,10,17H2,1-4H3. The number of hydrogen-bond donors (Lipinski definition) is 1. The van der Waals surface area contributed by atoms with Crippen molar-refractivity contribution in [1.82, 2.24) is 9.97 Å². The van der Waals surface area contributed by atoms with E-state index in [9.17, 15) is 0 Å². The van der Waals surface area contributed by atoms with Gasteiger partial charge in [0.1, 0.15) is 0 Å². The molecule has 2 heterocycles. The fourth-order valence-electron chi connectivity index (χ4n) is 1.80. The molecule has 2 rings (SSSR count). The molecule has 2 aromatic rings. The third kappa shape index (κ3) is 3.33. The molecule has 0 aromatic carbocycles. The van der Waals surface area contributed by atoms with E-state index in [-0.39, 0.29) is 5.41 Å². The summed E-state index contributed by atoms with van der Waals surface area (Å²) in [6, 6.07) is 7.64. The average molecular weight is 271 g/mol. The van der Waals surface area contributed by atoms with Crippen molar-refractivity contribution in [2.75, 3.05) is 0 Å². The summed E-state index contributed by atoms with van der Waals surface area (Å²) in [6.07, 6.45) is 1.74. The van der Waals surface area contributed by atoms with E-state index >= 15 is 0 Å². The van der Waals surface area contributed by atoms with Gasteiger partial charge in [-0.2, -0.15) is 0 Å². The number of rotatable bonds is 3. The van der Waals surface area contributed by atoms with Crippen molar-refractivity contribution < 1.29 is 4.74 Å². The quantitative estimate of drug-likeness (QED) is 0.930. The molecule has 0 unspecified atom stereocenters. The molecule has 0 spiro atoms. The Morgan fingerprint density at radius 1 is 1.25 bits per heavy atom. The van der Waals surface area contributed by atoms with E-state index in [2.05, 4.69) is 30.7 Å². The molecule has 0 aliphatic heterocycles. The summed E-state index contributed by atoms with van der Waals surface area (Å²) >= 11 is 0. The van der Waals surface area contributed by atoms with Gasteiger partial charge in [-0.15, -0.1) is 0 Å². The summed E-state index contributed by atoms with van der Waals surface area (Å²) < 4.78 is 5.86. The molecule has 0 radical (unpaired) electrons. The minimum Gasteiger partial charge on any atom is -0.437 e. The Morgan fingerprint density at radius 2 is 2.00 bits per heavy atom. The van der Waals surface area contributed by atoms with Crippen molar-refractivity contribution >= 4 is 0 Å². The van der Waals surface area contributed by atoms with Crippen molar-refractivity contribution in [1.29, 1.82) is 0 Å². The minimum absolute atomic E-state index is 0.0483. The van der Waals surface area contributed by atoms with Gasteiger partial charge in [-0.3, -0.25) is 4.98 Å². The van der Waals surface area contributed by atoms with Gasteiger partial charge in [0.25, 0.3) is 0 Å². The highest BCUT2D eigenvalue weighted by atomic mass is 16.5. The largest absolute Gasteiger partial charge is 0.437 e. The van der Waals surface area contributed by atoms with Gasteiger partial charge < -0.3 is 10.5 Å². The molecule has 0 saturated carbocycles. The Kier molecular flexibility index (Phi) is 4.04. The maximum absolute atomic E-state index is 5.86. The molecule has 0 saturated heterocycles. The van der Waals surface area contributed by atoms with Crippen molar-refractivity contribution in [3.05, 3.63) is 47.4 Å². The molecule has 4 heteroatoms. The van der Waals surface area contributed by atoms with Crippen molar-refractivity contribution in [2.24, 2.45) is 5.73 Å². The number of aromatic nitrogens is 2. The van der Waals surface area contributed by atoms with Crippen LogP contribution in [0.25, 0.3) is 0 Å².